The summed E-state index contributed by atoms with van der Waals surface area (Å²) < 4.78 is 0. The van der Waals surface area contributed by atoms with Crippen molar-refractivity contribution in [2.45, 2.75) is 32.6 Å². The number of thiophene rings is 1. The van der Waals surface area contributed by atoms with Gasteiger partial charge in [-0.3, -0.25) is 9.59 Å². The monoisotopic (exact) mass is 368 g/mol. The first-order valence-electron chi connectivity index (χ1n) is 9.02. The van der Waals surface area contributed by atoms with Crippen LogP contribution in [0.2, 0.25) is 0 Å². The number of rotatable bonds is 6. The summed E-state index contributed by atoms with van der Waals surface area (Å²) in [6, 6.07) is 11.7. The minimum absolute atomic E-state index is 0.102. The first kappa shape index (κ1) is 18.4. The van der Waals surface area contributed by atoms with Crippen LogP contribution >= 0.6 is 11.3 Å². The summed E-state index contributed by atoms with van der Waals surface area (Å²) in [6.07, 6.45) is 5.43. The van der Waals surface area contributed by atoms with Gasteiger partial charge in [0.1, 0.15) is 0 Å². The fraction of sp³-hybridized carbons (Fsp3) is 0.333. The Morgan fingerprint density at radius 3 is 2.54 bits per heavy atom. The van der Waals surface area contributed by atoms with Crippen molar-refractivity contribution in [3.8, 4) is 0 Å². The lowest BCUT2D eigenvalue weighted by Gasteiger charge is -2.15. The molecule has 1 saturated heterocycles. The molecule has 0 aliphatic carbocycles. The molecule has 0 radical (unpaired) electrons. The molecule has 1 aromatic heterocycles. The predicted molar refractivity (Wildman–Crippen MR) is 107 cm³/mol. The molecule has 0 saturated carbocycles. The number of amides is 2. The molecule has 1 N–H and O–H groups in total. The molecule has 136 valence electrons. The second-order valence-electron chi connectivity index (χ2n) is 6.58. The molecule has 5 heteroatoms. The second-order valence-corrected chi connectivity index (χ2v) is 7.56. The van der Waals surface area contributed by atoms with Gasteiger partial charge in [0.15, 0.2) is 0 Å². The van der Waals surface area contributed by atoms with E-state index in [1.54, 1.807) is 11.3 Å². The molecular weight excluding hydrogens is 344 g/mol. The van der Waals surface area contributed by atoms with Crippen LogP contribution in [0.4, 0.5) is 5.69 Å². The molecule has 1 fully saturated rings. The normalized spacial score (nSPS) is 14.5. The number of aryl methyl sites for hydroxylation is 1. The average Bonchev–Trinajstić information content (AvgIpc) is 3.34. The lowest BCUT2D eigenvalue weighted by atomic mass is 10.1. The van der Waals surface area contributed by atoms with Crippen molar-refractivity contribution in [1.82, 2.24) is 4.90 Å². The highest BCUT2D eigenvalue weighted by atomic mass is 32.1. The van der Waals surface area contributed by atoms with Gasteiger partial charge in [0.2, 0.25) is 5.91 Å². The zero-order valence-electron chi connectivity index (χ0n) is 15.0. The van der Waals surface area contributed by atoms with Crippen molar-refractivity contribution in [2.75, 3.05) is 18.4 Å². The molecule has 4 nitrogen and oxygen atoms in total. The number of hydrogen-bond acceptors (Lipinski definition) is 3. The summed E-state index contributed by atoms with van der Waals surface area (Å²) in [5, 5.41) is 4.90. The van der Waals surface area contributed by atoms with E-state index >= 15 is 0 Å². The molecule has 1 aromatic carbocycles. The zero-order valence-corrected chi connectivity index (χ0v) is 15.8. The predicted octanol–water partition coefficient (Wildman–Crippen LogP) is 4.35. The van der Waals surface area contributed by atoms with Gasteiger partial charge in [0.05, 0.1) is 0 Å². The molecule has 1 aliphatic heterocycles. The van der Waals surface area contributed by atoms with E-state index in [0.717, 1.165) is 48.5 Å². The fourth-order valence-corrected chi connectivity index (χ4v) is 3.73. The Hall–Kier alpha value is -2.40. The van der Waals surface area contributed by atoms with E-state index in [1.807, 2.05) is 59.7 Å². The number of nitrogens with one attached hydrogen (secondary N) is 1. The van der Waals surface area contributed by atoms with E-state index in [1.165, 1.54) is 0 Å². The lowest BCUT2D eigenvalue weighted by Crippen LogP contribution is -2.27. The fourth-order valence-electron chi connectivity index (χ4n) is 3.01. The van der Waals surface area contributed by atoms with Gasteiger partial charge in [-0.15, -0.1) is 11.3 Å². The van der Waals surface area contributed by atoms with E-state index in [-0.39, 0.29) is 11.8 Å². The summed E-state index contributed by atoms with van der Waals surface area (Å²) >= 11 is 1.61. The maximum atomic E-state index is 12.3. The third kappa shape index (κ3) is 5.05. The maximum Gasteiger partial charge on any atom is 0.251 e. The van der Waals surface area contributed by atoms with Gasteiger partial charge < -0.3 is 10.2 Å². The lowest BCUT2D eigenvalue weighted by molar-refractivity contribution is -0.130. The molecular formula is C21H24N2O2S. The van der Waals surface area contributed by atoms with Crippen molar-refractivity contribution < 1.29 is 9.59 Å². The second kappa shape index (κ2) is 8.81. The third-order valence-electron chi connectivity index (χ3n) is 4.56. The van der Waals surface area contributed by atoms with Gasteiger partial charge in [-0.2, -0.15) is 0 Å². The topological polar surface area (TPSA) is 49.4 Å². The number of likely N-dealkylation sites (tertiary alicyclic amines) is 1. The van der Waals surface area contributed by atoms with Crippen LogP contribution < -0.4 is 5.32 Å². The molecule has 0 unspecified atom stereocenters. The van der Waals surface area contributed by atoms with E-state index in [0.29, 0.717) is 12.0 Å². The Labute approximate surface area is 158 Å². The quantitative estimate of drug-likeness (QED) is 0.771. The highest BCUT2D eigenvalue weighted by molar-refractivity contribution is 7.10. The summed E-state index contributed by atoms with van der Waals surface area (Å²) in [6.45, 7) is 3.62. The largest absolute Gasteiger partial charge is 0.343 e. The molecule has 0 atom stereocenters. The Bertz CT molecular complexity index is 773. The smallest absolute Gasteiger partial charge is 0.251 e. The van der Waals surface area contributed by atoms with Crippen LogP contribution in [0.3, 0.4) is 0 Å². The number of carbonyl (C=O) groups is 2. The van der Waals surface area contributed by atoms with Gasteiger partial charge in [-0.05, 0) is 61.4 Å². The summed E-state index contributed by atoms with van der Waals surface area (Å²) in [5.74, 6) is 0.143. The van der Waals surface area contributed by atoms with Crippen molar-refractivity contribution in [3.05, 3.63) is 57.8 Å². The molecule has 2 amide bonds. The third-order valence-corrected chi connectivity index (χ3v) is 5.38. The van der Waals surface area contributed by atoms with Gasteiger partial charge in [-0.25, -0.2) is 0 Å². The van der Waals surface area contributed by atoms with Crippen molar-refractivity contribution in [1.29, 1.82) is 0 Å². The number of anilines is 1. The Morgan fingerprint density at radius 2 is 1.88 bits per heavy atom. The number of benzene rings is 1. The van der Waals surface area contributed by atoms with Crippen molar-refractivity contribution >= 4 is 34.9 Å². The van der Waals surface area contributed by atoms with E-state index in [4.69, 9.17) is 0 Å². The molecule has 2 heterocycles. The van der Waals surface area contributed by atoms with E-state index in [2.05, 4.69) is 5.32 Å². The van der Waals surface area contributed by atoms with Gasteiger partial charge in [0, 0.05) is 35.6 Å². The van der Waals surface area contributed by atoms with Crippen LogP contribution in [0.15, 0.2) is 47.4 Å². The van der Waals surface area contributed by atoms with E-state index < -0.39 is 0 Å². The van der Waals surface area contributed by atoms with Crippen LogP contribution in [0.5, 0.6) is 0 Å². The number of carbonyl (C=O) groups excluding carboxylic acids is 2. The van der Waals surface area contributed by atoms with Crippen LogP contribution in [0.1, 0.15) is 36.6 Å². The highest BCUT2D eigenvalue weighted by Crippen LogP contribution is 2.16. The molecule has 0 bridgehead atoms. The molecule has 0 spiro atoms. The van der Waals surface area contributed by atoms with Crippen molar-refractivity contribution in [2.24, 2.45) is 0 Å². The Balaban J connectivity index is 1.50. The summed E-state index contributed by atoms with van der Waals surface area (Å²) in [4.78, 5) is 27.4. The minimum Gasteiger partial charge on any atom is -0.343 e. The van der Waals surface area contributed by atoms with Crippen LogP contribution in [-0.4, -0.2) is 29.8 Å². The molecule has 2 aromatic rings. The summed E-state index contributed by atoms with van der Waals surface area (Å²) in [5.41, 5.74) is 2.55. The maximum absolute atomic E-state index is 12.3. The number of hydrogen-bond donors (Lipinski definition) is 1. The molecule has 26 heavy (non-hydrogen) atoms. The van der Waals surface area contributed by atoms with Crippen LogP contribution in [0, 0.1) is 0 Å². The first-order valence-corrected chi connectivity index (χ1v) is 9.89. The minimum atomic E-state index is -0.102. The Kier molecular flexibility index (Phi) is 6.23. The highest BCUT2D eigenvalue weighted by Gasteiger charge is 2.17. The van der Waals surface area contributed by atoms with Crippen LogP contribution in [0.25, 0.3) is 6.08 Å². The SMILES string of the molecule is C/C(=C\c1cccs1)C(=O)Nc1ccc(CCC(=O)N2CCCC2)cc1. The van der Waals surface area contributed by atoms with Gasteiger partial charge in [-0.1, -0.05) is 18.2 Å². The summed E-state index contributed by atoms with van der Waals surface area (Å²) in [7, 11) is 0. The number of nitrogens with zero attached hydrogens (tertiary/aromatic N) is 1. The van der Waals surface area contributed by atoms with Crippen LogP contribution in [-0.2, 0) is 16.0 Å². The molecule has 1 aliphatic rings. The van der Waals surface area contributed by atoms with Crippen molar-refractivity contribution in [3.63, 3.8) is 0 Å². The average molecular weight is 369 g/mol. The first-order chi connectivity index (χ1) is 12.6. The standard InChI is InChI=1S/C21H24N2O2S/c1-16(15-19-5-4-14-26-19)21(25)22-18-9-6-17(7-10-18)8-11-20(24)23-12-2-3-13-23/h4-7,9-10,14-15H,2-3,8,11-13H2,1H3,(H,22,25)/b16-15+. The van der Waals surface area contributed by atoms with Gasteiger partial charge >= 0.3 is 0 Å². The molecule has 3 rings (SSSR count). The zero-order chi connectivity index (χ0) is 18.4. The Morgan fingerprint density at radius 1 is 1.15 bits per heavy atom. The van der Waals surface area contributed by atoms with E-state index in [9.17, 15) is 9.59 Å². The van der Waals surface area contributed by atoms with Gasteiger partial charge in [0.25, 0.3) is 5.91 Å².